The van der Waals surface area contributed by atoms with Gasteiger partial charge in [-0.25, -0.2) is 4.98 Å². The van der Waals surface area contributed by atoms with Gasteiger partial charge in [-0.15, -0.1) is 0 Å². The predicted octanol–water partition coefficient (Wildman–Crippen LogP) is 2.40. The average molecular weight is 280 g/mol. The third-order valence-corrected chi connectivity index (χ3v) is 3.26. The summed E-state index contributed by atoms with van der Waals surface area (Å²) in [5.74, 6) is -0.952. The van der Waals surface area contributed by atoms with Crippen molar-refractivity contribution >= 4 is 23.2 Å². The second-order valence-electron chi connectivity index (χ2n) is 3.99. The first-order valence-corrected chi connectivity index (χ1v) is 6.05. The van der Waals surface area contributed by atoms with Gasteiger partial charge in [0.05, 0.1) is 0 Å². The van der Waals surface area contributed by atoms with E-state index in [9.17, 15) is 4.39 Å². The Kier molecular flexibility index (Phi) is 4.01. The Balaban J connectivity index is 2.03. The number of ether oxygens (including phenoxy) is 1. The number of nitrogens with zero attached hydrogens (tertiary/aromatic N) is 3. The molecule has 1 aliphatic rings. The molecule has 0 amide bonds. The van der Waals surface area contributed by atoms with E-state index in [1.165, 1.54) is 0 Å². The molecule has 1 aliphatic heterocycles. The normalized spacial score (nSPS) is 20.8. The monoisotopic (exact) mass is 279 g/mol. The van der Waals surface area contributed by atoms with Crippen LogP contribution in [0.2, 0.25) is 10.4 Å². The number of likely N-dealkylation sites (tertiary alicyclic amines) is 1. The number of hydrogen-bond donors (Lipinski definition) is 0. The third kappa shape index (κ3) is 2.97. The second-order valence-corrected chi connectivity index (χ2v) is 4.69. The summed E-state index contributed by atoms with van der Waals surface area (Å²) in [6.07, 6.45) is 2.16. The summed E-state index contributed by atoms with van der Waals surface area (Å²) in [6, 6.07) is 0.280. The van der Waals surface area contributed by atoms with Gasteiger partial charge in [-0.1, -0.05) is 11.6 Å². The molecule has 1 atom stereocenters. The Hall–Kier alpha value is -0.650. The Labute approximate surface area is 109 Å². The Bertz CT molecular complexity index is 419. The third-order valence-electron chi connectivity index (χ3n) is 2.84. The lowest BCUT2D eigenvalue weighted by molar-refractivity contribution is 0.187. The van der Waals surface area contributed by atoms with Crippen molar-refractivity contribution in [2.75, 3.05) is 20.2 Å². The predicted molar refractivity (Wildman–Crippen MR) is 63.2 cm³/mol. The van der Waals surface area contributed by atoms with E-state index in [-0.39, 0.29) is 22.4 Å². The van der Waals surface area contributed by atoms with Gasteiger partial charge in [0.2, 0.25) is 11.1 Å². The van der Waals surface area contributed by atoms with Crippen LogP contribution in [0.3, 0.4) is 0 Å². The van der Waals surface area contributed by atoms with Crippen LogP contribution in [0.5, 0.6) is 5.88 Å². The van der Waals surface area contributed by atoms with Crippen LogP contribution in [0.4, 0.5) is 4.39 Å². The highest BCUT2D eigenvalue weighted by Crippen LogP contribution is 2.24. The van der Waals surface area contributed by atoms with Gasteiger partial charge >= 0.3 is 0 Å². The fraction of sp³-hybridized carbons (Fsp3) is 0.600. The maximum absolute atomic E-state index is 13.5. The van der Waals surface area contributed by atoms with E-state index in [4.69, 9.17) is 27.9 Å². The lowest BCUT2D eigenvalue weighted by Gasteiger charge is -2.19. The zero-order valence-corrected chi connectivity index (χ0v) is 10.8. The van der Waals surface area contributed by atoms with Crippen molar-refractivity contribution in [3.05, 3.63) is 16.3 Å². The van der Waals surface area contributed by atoms with Crippen LogP contribution in [0.15, 0.2) is 0 Å². The first-order valence-electron chi connectivity index (χ1n) is 5.29. The molecule has 0 N–H and O–H groups in total. The molecule has 94 valence electrons. The molecular weight excluding hydrogens is 268 g/mol. The molecule has 1 saturated heterocycles. The summed E-state index contributed by atoms with van der Waals surface area (Å²) in [7, 11) is 2.01. The van der Waals surface area contributed by atoms with Crippen LogP contribution in [0, 0.1) is 5.82 Å². The van der Waals surface area contributed by atoms with Crippen molar-refractivity contribution in [1.29, 1.82) is 0 Å². The van der Waals surface area contributed by atoms with E-state index in [0.717, 1.165) is 19.4 Å². The number of aromatic nitrogens is 2. The quantitative estimate of drug-likeness (QED) is 0.629. The van der Waals surface area contributed by atoms with Crippen LogP contribution in [-0.4, -0.2) is 41.1 Å². The smallest absolute Gasteiger partial charge is 0.256 e. The van der Waals surface area contributed by atoms with E-state index in [0.29, 0.717) is 6.61 Å². The first kappa shape index (κ1) is 12.8. The fourth-order valence-corrected chi connectivity index (χ4v) is 2.20. The number of halogens is 3. The van der Waals surface area contributed by atoms with Gasteiger partial charge in [-0.2, -0.15) is 9.37 Å². The standard InChI is InChI=1S/C10H12Cl2FN3O/c1-16-4-2-3-6(16)5-17-9-7(13)8(11)14-10(12)15-9/h6H,2-5H2,1H3/t6-/m0/s1. The fourth-order valence-electron chi connectivity index (χ4n) is 1.84. The highest BCUT2D eigenvalue weighted by Gasteiger charge is 2.22. The van der Waals surface area contributed by atoms with Gasteiger partial charge in [0, 0.05) is 6.04 Å². The highest BCUT2D eigenvalue weighted by atomic mass is 35.5. The Morgan fingerprint density at radius 1 is 1.47 bits per heavy atom. The Morgan fingerprint density at radius 2 is 2.24 bits per heavy atom. The van der Waals surface area contributed by atoms with Gasteiger partial charge in [0.15, 0.2) is 5.15 Å². The summed E-state index contributed by atoms with van der Waals surface area (Å²) < 4.78 is 18.8. The molecule has 0 unspecified atom stereocenters. The first-order chi connectivity index (χ1) is 8.08. The van der Waals surface area contributed by atoms with E-state index in [1.54, 1.807) is 0 Å². The Morgan fingerprint density at radius 3 is 2.88 bits per heavy atom. The molecule has 7 heteroatoms. The van der Waals surface area contributed by atoms with Crippen molar-refractivity contribution in [2.24, 2.45) is 0 Å². The van der Waals surface area contributed by atoms with Crippen molar-refractivity contribution in [2.45, 2.75) is 18.9 Å². The van der Waals surface area contributed by atoms with E-state index in [2.05, 4.69) is 14.9 Å². The van der Waals surface area contributed by atoms with Crippen molar-refractivity contribution in [3.63, 3.8) is 0 Å². The second kappa shape index (κ2) is 5.33. The number of rotatable bonds is 3. The minimum absolute atomic E-state index is 0.119. The van der Waals surface area contributed by atoms with Crippen LogP contribution in [0.1, 0.15) is 12.8 Å². The van der Waals surface area contributed by atoms with Crippen LogP contribution < -0.4 is 4.74 Å². The van der Waals surface area contributed by atoms with Gasteiger partial charge in [-0.05, 0) is 38.0 Å². The van der Waals surface area contributed by atoms with Crippen molar-refractivity contribution in [3.8, 4) is 5.88 Å². The lowest BCUT2D eigenvalue weighted by Crippen LogP contribution is -2.30. The van der Waals surface area contributed by atoms with Gasteiger partial charge < -0.3 is 9.64 Å². The van der Waals surface area contributed by atoms with Crippen LogP contribution >= 0.6 is 23.2 Å². The average Bonchev–Trinajstić information content (AvgIpc) is 2.67. The summed E-state index contributed by atoms with van der Waals surface area (Å²) in [5, 5.41) is -0.439. The van der Waals surface area contributed by atoms with E-state index >= 15 is 0 Å². The minimum atomic E-state index is -0.767. The summed E-state index contributed by atoms with van der Waals surface area (Å²) in [6.45, 7) is 1.40. The summed E-state index contributed by atoms with van der Waals surface area (Å²) >= 11 is 11.1. The van der Waals surface area contributed by atoms with Gasteiger partial charge in [0.25, 0.3) is 5.88 Å². The molecule has 0 saturated carbocycles. The number of hydrogen-bond acceptors (Lipinski definition) is 4. The molecule has 4 nitrogen and oxygen atoms in total. The molecule has 1 fully saturated rings. The molecule has 2 rings (SSSR count). The molecule has 0 radical (unpaired) electrons. The molecule has 0 spiro atoms. The maximum Gasteiger partial charge on any atom is 0.256 e. The number of likely N-dealkylation sites (N-methyl/N-ethyl adjacent to an activating group) is 1. The highest BCUT2D eigenvalue weighted by molar-refractivity contribution is 6.31. The van der Waals surface area contributed by atoms with Crippen molar-refractivity contribution in [1.82, 2.24) is 14.9 Å². The molecule has 17 heavy (non-hydrogen) atoms. The molecule has 0 bridgehead atoms. The summed E-state index contributed by atoms with van der Waals surface area (Å²) in [4.78, 5) is 9.33. The van der Waals surface area contributed by atoms with Crippen molar-refractivity contribution < 1.29 is 9.13 Å². The zero-order valence-electron chi connectivity index (χ0n) is 9.29. The minimum Gasteiger partial charge on any atom is -0.474 e. The molecule has 0 aromatic carbocycles. The molecule has 1 aromatic rings. The van der Waals surface area contributed by atoms with E-state index < -0.39 is 5.82 Å². The SMILES string of the molecule is CN1CCC[C@H]1COc1nc(Cl)nc(Cl)c1F. The van der Waals surface area contributed by atoms with Gasteiger partial charge in [0.1, 0.15) is 6.61 Å². The van der Waals surface area contributed by atoms with E-state index in [1.807, 2.05) is 7.05 Å². The molecular formula is C10H12Cl2FN3O. The molecule has 1 aromatic heterocycles. The lowest BCUT2D eigenvalue weighted by atomic mass is 10.2. The topological polar surface area (TPSA) is 38.2 Å². The van der Waals surface area contributed by atoms with Crippen LogP contribution in [-0.2, 0) is 0 Å². The maximum atomic E-state index is 13.5. The van der Waals surface area contributed by atoms with Gasteiger partial charge in [-0.3, -0.25) is 0 Å². The summed E-state index contributed by atoms with van der Waals surface area (Å²) in [5.41, 5.74) is 0. The van der Waals surface area contributed by atoms with Crippen LogP contribution in [0.25, 0.3) is 0 Å². The molecule has 2 heterocycles. The molecule has 0 aliphatic carbocycles. The zero-order chi connectivity index (χ0) is 12.4. The largest absolute Gasteiger partial charge is 0.474 e.